The van der Waals surface area contributed by atoms with E-state index >= 15 is 0 Å². The van der Waals surface area contributed by atoms with Crippen molar-refractivity contribution in [1.29, 1.82) is 0 Å². The number of likely N-dealkylation sites (N-methyl/N-ethyl adjacent to an activating group) is 1. The number of aromatic nitrogens is 2. The molecule has 0 unspecified atom stereocenters. The number of esters is 1. The van der Waals surface area contributed by atoms with Crippen LogP contribution < -0.4 is 5.32 Å². The second-order valence-corrected chi connectivity index (χ2v) is 8.90. The number of amides is 2. The molecule has 2 aromatic carbocycles. The lowest BCUT2D eigenvalue weighted by atomic mass is 10.1. The first kappa shape index (κ1) is 25.0. The first-order valence-corrected chi connectivity index (χ1v) is 11.7. The molecule has 0 saturated heterocycles. The van der Waals surface area contributed by atoms with Crippen LogP contribution in [-0.2, 0) is 27.9 Å². The summed E-state index contributed by atoms with van der Waals surface area (Å²) in [5, 5.41) is 3.45. The highest BCUT2D eigenvalue weighted by Crippen LogP contribution is 2.19. The lowest BCUT2D eigenvalue weighted by Crippen LogP contribution is -2.31. The second-order valence-electron chi connectivity index (χ2n) is 7.96. The molecule has 3 rings (SSSR count). The molecule has 2 amide bonds. The fourth-order valence-electron chi connectivity index (χ4n) is 3.26. The molecule has 1 heterocycles. The Morgan fingerprint density at radius 1 is 1.15 bits per heavy atom. The summed E-state index contributed by atoms with van der Waals surface area (Å²) < 4.78 is 7.07. The number of carbonyl (C=O) groups is 3. The van der Waals surface area contributed by atoms with E-state index in [1.807, 2.05) is 37.6 Å². The zero-order valence-electron chi connectivity index (χ0n) is 19.7. The smallest absolute Gasteiger partial charge is 0.340 e. The van der Waals surface area contributed by atoms with Crippen LogP contribution in [0.15, 0.2) is 60.0 Å². The van der Waals surface area contributed by atoms with Crippen molar-refractivity contribution in [2.24, 2.45) is 7.05 Å². The molecule has 3 aromatic rings. The zero-order chi connectivity index (χ0) is 24.7. The van der Waals surface area contributed by atoms with E-state index in [2.05, 4.69) is 16.4 Å². The van der Waals surface area contributed by atoms with E-state index < -0.39 is 12.6 Å². The van der Waals surface area contributed by atoms with Crippen molar-refractivity contribution in [2.75, 3.05) is 24.7 Å². The van der Waals surface area contributed by atoms with Gasteiger partial charge in [-0.25, -0.2) is 9.78 Å². The van der Waals surface area contributed by atoms with Crippen LogP contribution in [0.3, 0.4) is 0 Å². The standard InChI is InChI=1S/C25H28N4O4S/c1-17-9-10-19(18(2)13-17)14-29(4)23(31)15-33-24(32)20-7-5-6-8-21(20)27-22(30)16-34-25-26-11-12-28(25)3/h5-13H,14-16H2,1-4H3,(H,27,30). The molecule has 8 nitrogen and oxygen atoms in total. The Hall–Kier alpha value is -3.59. The van der Waals surface area contributed by atoms with Gasteiger partial charge in [-0.3, -0.25) is 9.59 Å². The Kier molecular flexibility index (Phi) is 8.48. The first-order chi connectivity index (χ1) is 16.2. The fraction of sp³-hybridized carbons (Fsp3) is 0.280. The normalized spacial score (nSPS) is 10.6. The molecule has 0 radical (unpaired) electrons. The molecule has 0 aliphatic heterocycles. The lowest BCUT2D eigenvalue weighted by Gasteiger charge is -2.19. The van der Waals surface area contributed by atoms with Gasteiger partial charge in [-0.2, -0.15) is 0 Å². The van der Waals surface area contributed by atoms with Crippen molar-refractivity contribution in [1.82, 2.24) is 14.5 Å². The van der Waals surface area contributed by atoms with Crippen LogP contribution in [0.1, 0.15) is 27.0 Å². The van der Waals surface area contributed by atoms with E-state index in [9.17, 15) is 14.4 Å². The van der Waals surface area contributed by atoms with E-state index in [0.29, 0.717) is 17.4 Å². The molecule has 0 bridgehead atoms. The molecule has 9 heteroatoms. The lowest BCUT2D eigenvalue weighted by molar-refractivity contribution is -0.133. The zero-order valence-corrected chi connectivity index (χ0v) is 20.5. The molecule has 0 aliphatic rings. The van der Waals surface area contributed by atoms with Crippen LogP contribution in [0.2, 0.25) is 0 Å². The molecule has 0 atom stereocenters. The quantitative estimate of drug-likeness (QED) is 0.372. The summed E-state index contributed by atoms with van der Waals surface area (Å²) in [4.78, 5) is 43.2. The van der Waals surface area contributed by atoms with Gasteiger partial charge in [0.15, 0.2) is 11.8 Å². The SMILES string of the molecule is Cc1ccc(CN(C)C(=O)COC(=O)c2ccccc2NC(=O)CSc2nccn2C)c(C)c1. The minimum Gasteiger partial charge on any atom is -0.452 e. The largest absolute Gasteiger partial charge is 0.452 e. The summed E-state index contributed by atoms with van der Waals surface area (Å²) in [7, 11) is 3.52. The number of ether oxygens (including phenoxy) is 1. The number of thioether (sulfide) groups is 1. The van der Waals surface area contributed by atoms with Gasteiger partial charge in [-0.1, -0.05) is 47.7 Å². The van der Waals surface area contributed by atoms with Crippen LogP contribution >= 0.6 is 11.8 Å². The number of rotatable bonds is 9. The number of nitrogens with one attached hydrogen (secondary N) is 1. The average molecular weight is 481 g/mol. The molecule has 0 aliphatic carbocycles. The minimum atomic E-state index is -0.680. The van der Waals surface area contributed by atoms with Gasteiger partial charge in [-0.05, 0) is 37.1 Å². The highest BCUT2D eigenvalue weighted by atomic mass is 32.2. The molecular formula is C25H28N4O4S. The minimum absolute atomic E-state index is 0.135. The van der Waals surface area contributed by atoms with Gasteiger partial charge >= 0.3 is 5.97 Å². The number of anilines is 1. The molecule has 1 aromatic heterocycles. The third-order valence-electron chi connectivity index (χ3n) is 5.19. The van der Waals surface area contributed by atoms with Crippen molar-refractivity contribution in [3.63, 3.8) is 0 Å². The highest BCUT2D eigenvalue weighted by Gasteiger charge is 2.18. The molecule has 0 fully saturated rings. The van der Waals surface area contributed by atoms with Crippen LogP contribution in [0.25, 0.3) is 0 Å². The van der Waals surface area contributed by atoms with Crippen LogP contribution in [-0.4, -0.2) is 51.6 Å². The number of hydrogen-bond acceptors (Lipinski definition) is 6. The first-order valence-electron chi connectivity index (χ1n) is 10.7. The van der Waals surface area contributed by atoms with E-state index in [0.717, 1.165) is 16.7 Å². The number of aryl methyl sites for hydroxylation is 3. The fourth-order valence-corrected chi connectivity index (χ4v) is 3.99. The van der Waals surface area contributed by atoms with Gasteiger partial charge in [0.05, 0.1) is 17.0 Å². The van der Waals surface area contributed by atoms with Crippen molar-refractivity contribution in [2.45, 2.75) is 25.5 Å². The third kappa shape index (κ3) is 6.71. The Morgan fingerprint density at radius 3 is 2.62 bits per heavy atom. The monoisotopic (exact) mass is 480 g/mol. The maximum Gasteiger partial charge on any atom is 0.340 e. The van der Waals surface area contributed by atoms with E-state index in [4.69, 9.17) is 4.74 Å². The summed E-state index contributed by atoms with van der Waals surface area (Å²) in [5.41, 5.74) is 3.80. The van der Waals surface area contributed by atoms with Crippen molar-refractivity contribution < 1.29 is 19.1 Å². The Balaban J connectivity index is 1.54. The van der Waals surface area contributed by atoms with E-state index in [-0.39, 0.29) is 23.1 Å². The molecule has 34 heavy (non-hydrogen) atoms. The number of carbonyl (C=O) groups excluding carboxylic acids is 3. The summed E-state index contributed by atoms with van der Waals surface area (Å²) in [5.74, 6) is -1.14. The molecule has 0 spiro atoms. The summed E-state index contributed by atoms with van der Waals surface area (Å²) in [6.07, 6.45) is 3.46. The highest BCUT2D eigenvalue weighted by molar-refractivity contribution is 7.99. The van der Waals surface area contributed by atoms with Crippen LogP contribution in [0, 0.1) is 13.8 Å². The average Bonchev–Trinajstić information content (AvgIpc) is 3.22. The summed E-state index contributed by atoms with van der Waals surface area (Å²) in [6, 6.07) is 12.6. The number of nitrogens with zero attached hydrogens (tertiary/aromatic N) is 3. The summed E-state index contributed by atoms with van der Waals surface area (Å²) >= 11 is 1.29. The van der Waals surface area contributed by atoms with Crippen molar-refractivity contribution in [3.05, 3.63) is 77.1 Å². The summed E-state index contributed by atoms with van der Waals surface area (Å²) in [6.45, 7) is 4.05. The van der Waals surface area contributed by atoms with Gasteiger partial charge in [0.1, 0.15) is 0 Å². The number of hydrogen-bond donors (Lipinski definition) is 1. The molecular weight excluding hydrogens is 452 g/mol. The predicted octanol–water partition coefficient (Wildman–Crippen LogP) is 3.58. The predicted molar refractivity (Wildman–Crippen MR) is 132 cm³/mol. The van der Waals surface area contributed by atoms with Crippen LogP contribution in [0.4, 0.5) is 5.69 Å². The van der Waals surface area contributed by atoms with E-state index in [1.54, 1.807) is 43.7 Å². The Bertz CT molecular complexity index is 1190. The van der Waals surface area contributed by atoms with Crippen LogP contribution in [0.5, 0.6) is 0 Å². The van der Waals surface area contributed by atoms with E-state index in [1.165, 1.54) is 16.7 Å². The number of benzene rings is 2. The van der Waals surface area contributed by atoms with Gasteiger partial charge in [0.2, 0.25) is 5.91 Å². The Morgan fingerprint density at radius 2 is 1.91 bits per heavy atom. The van der Waals surface area contributed by atoms with Crippen molar-refractivity contribution in [3.8, 4) is 0 Å². The topological polar surface area (TPSA) is 93.5 Å². The van der Waals surface area contributed by atoms with Crippen molar-refractivity contribution >= 4 is 35.2 Å². The van der Waals surface area contributed by atoms with Gasteiger partial charge in [0.25, 0.3) is 5.91 Å². The molecule has 1 N–H and O–H groups in total. The molecule has 178 valence electrons. The Labute approximate surface area is 203 Å². The van der Waals surface area contributed by atoms with Gasteiger partial charge in [0, 0.05) is 33.0 Å². The number of imidazole rings is 1. The number of para-hydroxylation sites is 1. The maximum atomic E-state index is 12.7. The molecule has 0 saturated carbocycles. The second kappa shape index (κ2) is 11.5. The van der Waals surface area contributed by atoms with Gasteiger partial charge < -0.3 is 19.5 Å². The van der Waals surface area contributed by atoms with Gasteiger partial charge in [-0.15, -0.1) is 0 Å². The third-order valence-corrected chi connectivity index (χ3v) is 6.25. The maximum absolute atomic E-state index is 12.7.